The average Bonchev–Trinajstić information content (AvgIpc) is 2.34. The minimum Gasteiger partial charge on any atom is -0.368 e. The minimum atomic E-state index is -4.59. The third kappa shape index (κ3) is 3.43. The van der Waals surface area contributed by atoms with Crippen molar-refractivity contribution in [2.75, 3.05) is 5.75 Å². The maximum Gasteiger partial charge on any atom is 0.396 e. The van der Waals surface area contributed by atoms with E-state index >= 15 is 0 Å². The van der Waals surface area contributed by atoms with E-state index in [-0.39, 0.29) is 12.3 Å². The summed E-state index contributed by atoms with van der Waals surface area (Å²) in [4.78, 5) is 0.993. The normalized spacial score (nSPS) is 21.3. The average molecular weight is 292 g/mol. The molecule has 2 rings (SSSR count). The first-order valence-electron chi connectivity index (χ1n) is 6.04. The number of benzene rings is 1. The van der Waals surface area contributed by atoms with E-state index in [4.69, 9.17) is 10.2 Å². The van der Waals surface area contributed by atoms with Gasteiger partial charge in [0, 0.05) is 4.90 Å². The smallest absolute Gasteiger partial charge is 0.368 e. The molecule has 6 heteroatoms. The largest absolute Gasteiger partial charge is 0.396 e. The van der Waals surface area contributed by atoms with Crippen LogP contribution < -0.4 is 0 Å². The van der Waals surface area contributed by atoms with Gasteiger partial charge in [0.15, 0.2) is 6.29 Å². The second-order valence-corrected chi connectivity index (χ2v) is 5.81. The van der Waals surface area contributed by atoms with Gasteiger partial charge in [0.1, 0.15) is 5.92 Å². The molecule has 0 bridgehead atoms. The lowest BCUT2D eigenvalue weighted by molar-refractivity contribution is -0.241. The number of rotatable bonds is 3. The van der Waals surface area contributed by atoms with Crippen molar-refractivity contribution in [2.24, 2.45) is 5.92 Å². The summed E-state index contributed by atoms with van der Waals surface area (Å²) < 4.78 is 38.3. The number of hydrogen-bond acceptors (Lipinski definition) is 3. The number of thioether (sulfide) groups is 1. The summed E-state index contributed by atoms with van der Waals surface area (Å²) in [5.74, 6) is -1.60. The first-order chi connectivity index (χ1) is 8.89. The number of hydrogen-bond donors (Lipinski definition) is 2. The van der Waals surface area contributed by atoms with Gasteiger partial charge in [-0.2, -0.15) is 13.2 Å². The van der Waals surface area contributed by atoms with Crippen molar-refractivity contribution in [3.63, 3.8) is 0 Å². The Morgan fingerprint density at radius 2 is 1.95 bits per heavy atom. The van der Waals surface area contributed by atoms with Crippen molar-refractivity contribution in [2.45, 2.75) is 36.1 Å². The van der Waals surface area contributed by atoms with E-state index in [1.165, 1.54) is 0 Å². The van der Waals surface area contributed by atoms with Gasteiger partial charge in [-0.05, 0) is 36.1 Å². The summed E-state index contributed by atoms with van der Waals surface area (Å²) in [6.45, 7) is 0. The van der Waals surface area contributed by atoms with Crippen LogP contribution in [0.5, 0.6) is 0 Å². The van der Waals surface area contributed by atoms with E-state index in [1.54, 1.807) is 17.8 Å². The molecule has 19 heavy (non-hydrogen) atoms. The van der Waals surface area contributed by atoms with Crippen LogP contribution in [-0.2, 0) is 0 Å². The Hall–Kier alpha value is -0.720. The molecule has 1 aliphatic rings. The molecule has 1 heterocycles. The lowest BCUT2D eigenvalue weighted by Crippen LogP contribution is -2.35. The zero-order valence-electron chi connectivity index (χ0n) is 10.1. The van der Waals surface area contributed by atoms with Crippen LogP contribution in [0.15, 0.2) is 29.2 Å². The highest BCUT2D eigenvalue weighted by atomic mass is 32.2. The van der Waals surface area contributed by atoms with E-state index in [0.717, 1.165) is 16.2 Å². The molecule has 0 radical (unpaired) electrons. The van der Waals surface area contributed by atoms with Crippen molar-refractivity contribution in [3.05, 3.63) is 29.8 Å². The highest BCUT2D eigenvalue weighted by molar-refractivity contribution is 7.99. The lowest BCUT2D eigenvalue weighted by atomic mass is 9.86. The Balaban J connectivity index is 2.20. The standard InChI is InChI=1S/C13H15F3O2S/c14-13(15,16)10(12(17)18)7-8-5-6-19-11-4-2-1-3-9(8)11/h1-4,8,10,12,17-18H,5-7H2. The van der Waals surface area contributed by atoms with E-state index in [0.29, 0.717) is 6.42 Å². The van der Waals surface area contributed by atoms with Gasteiger partial charge in [-0.15, -0.1) is 11.8 Å². The molecule has 0 spiro atoms. The van der Waals surface area contributed by atoms with Crippen LogP contribution >= 0.6 is 11.8 Å². The summed E-state index contributed by atoms with van der Waals surface area (Å²) in [6.07, 6.45) is -6.60. The Labute approximate surface area is 113 Å². The van der Waals surface area contributed by atoms with Crippen molar-refractivity contribution in [1.29, 1.82) is 0 Å². The van der Waals surface area contributed by atoms with Crippen LogP contribution in [0, 0.1) is 5.92 Å². The Morgan fingerprint density at radius 3 is 2.58 bits per heavy atom. The Bertz CT molecular complexity index is 434. The van der Waals surface area contributed by atoms with Crippen molar-refractivity contribution < 1.29 is 23.4 Å². The summed E-state index contributed by atoms with van der Waals surface area (Å²) in [5, 5.41) is 17.9. The number of fused-ring (bicyclic) bond motifs is 1. The molecule has 2 N–H and O–H groups in total. The molecule has 1 aromatic carbocycles. The highest BCUT2D eigenvalue weighted by Gasteiger charge is 2.45. The molecule has 0 saturated carbocycles. The molecule has 0 amide bonds. The molecule has 1 aliphatic heterocycles. The molecule has 2 unspecified atom stereocenters. The zero-order chi connectivity index (χ0) is 14.0. The van der Waals surface area contributed by atoms with Gasteiger partial charge in [0.05, 0.1) is 0 Å². The molecular weight excluding hydrogens is 277 g/mol. The SMILES string of the molecule is OC(O)C(CC1CCSc2ccccc21)C(F)(F)F. The zero-order valence-corrected chi connectivity index (χ0v) is 10.9. The van der Waals surface area contributed by atoms with Crippen LogP contribution in [-0.4, -0.2) is 28.4 Å². The monoisotopic (exact) mass is 292 g/mol. The molecule has 2 atom stereocenters. The molecule has 0 aromatic heterocycles. The van der Waals surface area contributed by atoms with Crippen LogP contribution in [0.25, 0.3) is 0 Å². The topological polar surface area (TPSA) is 40.5 Å². The number of aliphatic hydroxyl groups excluding tert-OH is 1. The van der Waals surface area contributed by atoms with Crippen LogP contribution in [0.2, 0.25) is 0 Å². The van der Waals surface area contributed by atoms with Crippen molar-refractivity contribution >= 4 is 11.8 Å². The second-order valence-electron chi connectivity index (χ2n) is 4.67. The fourth-order valence-corrected chi connectivity index (χ4v) is 3.59. The quantitative estimate of drug-likeness (QED) is 0.841. The third-order valence-electron chi connectivity index (χ3n) is 3.40. The van der Waals surface area contributed by atoms with Gasteiger partial charge in [-0.1, -0.05) is 18.2 Å². The maximum absolute atomic E-state index is 12.8. The van der Waals surface area contributed by atoms with Crippen LogP contribution in [0.4, 0.5) is 13.2 Å². The lowest BCUT2D eigenvalue weighted by Gasteiger charge is -2.30. The van der Waals surface area contributed by atoms with Crippen molar-refractivity contribution in [3.8, 4) is 0 Å². The molecule has 2 nitrogen and oxygen atoms in total. The first kappa shape index (κ1) is 14.7. The molecule has 106 valence electrons. The molecule has 1 aromatic rings. The van der Waals surface area contributed by atoms with Gasteiger partial charge in [0.25, 0.3) is 0 Å². The van der Waals surface area contributed by atoms with E-state index in [2.05, 4.69) is 0 Å². The first-order valence-corrected chi connectivity index (χ1v) is 7.02. The maximum atomic E-state index is 12.8. The Kier molecular flexibility index (Phi) is 4.43. The molecule has 0 aliphatic carbocycles. The van der Waals surface area contributed by atoms with Gasteiger partial charge in [-0.3, -0.25) is 0 Å². The van der Waals surface area contributed by atoms with Gasteiger partial charge in [0.2, 0.25) is 0 Å². The fraction of sp³-hybridized carbons (Fsp3) is 0.538. The summed E-state index contributed by atoms with van der Waals surface area (Å²) in [7, 11) is 0. The van der Waals surface area contributed by atoms with Gasteiger partial charge in [-0.25, -0.2) is 0 Å². The van der Waals surface area contributed by atoms with Gasteiger partial charge >= 0.3 is 6.18 Å². The van der Waals surface area contributed by atoms with E-state index < -0.39 is 18.4 Å². The summed E-state index contributed by atoms with van der Waals surface area (Å²) in [5.41, 5.74) is 0.883. The number of aliphatic hydroxyl groups is 2. The predicted octanol–water partition coefficient (Wildman–Crippen LogP) is 3.15. The number of halogens is 3. The van der Waals surface area contributed by atoms with Crippen molar-refractivity contribution in [1.82, 2.24) is 0 Å². The predicted molar refractivity (Wildman–Crippen MR) is 66.9 cm³/mol. The molecular formula is C13H15F3O2S. The second kappa shape index (κ2) is 5.73. The van der Waals surface area contributed by atoms with E-state index in [1.807, 2.05) is 18.2 Å². The Morgan fingerprint density at radius 1 is 1.26 bits per heavy atom. The minimum absolute atomic E-state index is 0.272. The summed E-state index contributed by atoms with van der Waals surface area (Å²) in [6, 6.07) is 7.37. The van der Waals surface area contributed by atoms with Crippen LogP contribution in [0.1, 0.15) is 24.3 Å². The molecule has 0 fully saturated rings. The third-order valence-corrected chi connectivity index (χ3v) is 4.52. The fourth-order valence-electron chi connectivity index (χ4n) is 2.39. The number of alkyl halides is 3. The molecule has 0 saturated heterocycles. The highest BCUT2D eigenvalue weighted by Crippen LogP contribution is 2.43. The summed E-state index contributed by atoms with van der Waals surface area (Å²) >= 11 is 1.63. The van der Waals surface area contributed by atoms with Gasteiger partial charge < -0.3 is 10.2 Å². The van der Waals surface area contributed by atoms with E-state index in [9.17, 15) is 13.2 Å². The van der Waals surface area contributed by atoms with Crippen LogP contribution in [0.3, 0.4) is 0 Å².